The fourth-order valence-electron chi connectivity index (χ4n) is 1.67. The highest BCUT2D eigenvalue weighted by atomic mass is 35.5. The first kappa shape index (κ1) is 15.0. The molecule has 0 fully saturated rings. The van der Waals surface area contributed by atoms with Gasteiger partial charge in [0, 0.05) is 12.1 Å². The first-order valence-corrected chi connectivity index (χ1v) is 6.30. The molecule has 7 nitrogen and oxygen atoms in total. The zero-order chi connectivity index (χ0) is 15.4. The number of rotatable bonds is 5. The summed E-state index contributed by atoms with van der Waals surface area (Å²) in [5.41, 5.74) is -0.270. The van der Waals surface area contributed by atoms with Gasteiger partial charge in [0.15, 0.2) is 0 Å². The van der Waals surface area contributed by atoms with Gasteiger partial charge >= 0.3 is 0 Å². The third-order valence-corrected chi connectivity index (χ3v) is 3.06. The van der Waals surface area contributed by atoms with Crippen molar-refractivity contribution >= 4 is 23.2 Å². The van der Waals surface area contributed by atoms with Gasteiger partial charge in [-0.2, -0.15) is 0 Å². The normalized spacial score (nSPS) is 11.9. The molecule has 1 heterocycles. The van der Waals surface area contributed by atoms with Gasteiger partial charge in [0.05, 0.1) is 28.3 Å². The highest BCUT2D eigenvalue weighted by molar-refractivity contribution is 6.33. The molecule has 2 aromatic rings. The van der Waals surface area contributed by atoms with E-state index in [1.54, 1.807) is 12.1 Å². The Morgan fingerprint density at radius 1 is 1.48 bits per heavy atom. The highest BCUT2D eigenvalue weighted by Crippen LogP contribution is 2.22. The second kappa shape index (κ2) is 6.38. The predicted molar refractivity (Wildman–Crippen MR) is 74.1 cm³/mol. The van der Waals surface area contributed by atoms with Crippen LogP contribution in [0.2, 0.25) is 5.02 Å². The average molecular weight is 311 g/mol. The Hall–Kier alpha value is -2.38. The van der Waals surface area contributed by atoms with Gasteiger partial charge in [-0.1, -0.05) is 11.6 Å². The van der Waals surface area contributed by atoms with Gasteiger partial charge in [0.25, 0.3) is 11.6 Å². The lowest BCUT2D eigenvalue weighted by atomic mass is 10.2. The molecular weight excluding hydrogens is 300 g/mol. The van der Waals surface area contributed by atoms with Gasteiger partial charge in [-0.05, 0) is 18.2 Å². The molecule has 1 amide bonds. The number of aliphatic hydroxyl groups excluding tert-OH is 1. The molecule has 0 aliphatic carbocycles. The summed E-state index contributed by atoms with van der Waals surface area (Å²) in [6.07, 6.45) is 0.388. The Bertz CT molecular complexity index is 657. The van der Waals surface area contributed by atoms with E-state index in [1.807, 2.05) is 0 Å². The van der Waals surface area contributed by atoms with Crippen molar-refractivity contribution in [3.05, 3.63) is 63.1 Å². The van der Waals surface area contributed by atoms with Crippen LogP contribution in [0.3, 0.4) is 0 Å². The molecule has 2 N–H and O–H groups in total. The van der Waals surface area contributed by atoms with Gasteiger partial charge < -0.3 is 14.8 Å². The van der Waals surface area contributed by atoms with Crippen LogP contribution in [0.4, 0.5) is 5.69 Å². The minimum absolute atomic E-state index is 0.0301. The van der Waals surface area contributed by atoms with Crippen molar-refractivity contribution in [2.75, 3.05) is 6.54 Å². The molecule has 2 rings (SSSR count). The molecule has 1 unspecified atom stereocenters. The van der Waals surface area contributed by atoms with Crippen LogP contribution in [0, 0.1) is 10.1 Å². The summed E-state index contributed by atoms with van der Waals surface area (Å²) < 4.78 is 4.99. The number of nitro benzene ring substituents is 1. The van der Waals surface area contributed by atoms with Crippen LogP contribution in [-0.4, -0.2) is 22.5 Å². The number of amides is 1. The molecule has 1 atom stereocenters. The van der Waals surface area contributed by atoms with Crippen molar-refractivity contribution in [2.24, 2.45) is 0 Å². The molecule has 1 aromatic carbocycles. The van der Waals surface area contributed by atoms with Gasteiger partial charge in [-0.25, -0.2) is 0 Å². The van der Waals surface area contributed by atoms with Crippen LogP contribution in [0.1, 0.15) is 22.2 Å². The van der Waals surface area contributed by atoms with Gasteiger partial charge in [-0.3, -0.25) is 14.9 Å². The van der Waals surface area contributed by atoms with Crippen molar-refractivity contribution in [3.8, 4) is 0 Å². The molecule has 110 valence electrons. The van der Waals surface area contributed by atoms with Crippen molar-refractivity contribution in [1.29, 1.82) is 0 Å². The van der Waals surface area contributed by atoms with E-state index in [-0.39, 0.29) is 22.8 Å². The lowest BCUT2D eigenvalue weighted by Crippen LogP contribution is -2.28. The molecule has 0 saturated carbocycles. The topological polar surface area (TPSA) is 106 Å². The second-order valence-electron chi connectivity index (χ2n) is 4.16. The quantitative estimate of drug-likeness (QED) is 0.651. The Morgan fingerprint density at radius 3 is 2.86 bits per heavy atom. The fraction of sp³-hybridized carbons (Fsp3) is 0.154. The number of nitro groups is 1. The number of nitrogens with one attached hydrogen (secondary N) is 1. The molecule has 0 aliphatic rings. The van der Waals surface area contributed by atoms with E-state index in [9.17, 15) is 20.0 Å². The molecule has 1 aromatic heterocycles. The second-order valence-corrected chi connectivity index (χ2v) is 4.57. The van der Waals surface area contributed by atoms with Crippen LogP contribution in [0.25, 0.3) is 0 Å². The maximum Gasteiger partial charge on any atom is 0.270 e. The number of halogens is 1. The maximum absolute atomic E-state index is 12.0. The summed E-state index contributed by atoms with van der Waals surface area (Å²) in [7, 11) is 0. The number of hydrogen-bond acceptors (Lipinski definition) is 5. The minimum Gasteiger partial charge on any atom is -0.467 e. The predicted octanol–water partition coefficient (Wildman–Crippen LogP) is 2.30. The van der Waals surface area contributed by atoms with E-state index in [1.165, 1.54) is 18.4 Å². The van der Waals surface area contributed by atoms with Crippen LogP contribution in [-0.2, 0) is 0 Å². The number of benzene rings is 1. The van der Waals surface area contributed by atoms with Crippen LogP contribution >= 0.6 is 11.6 Å². The summed E-state index contributed by atoms with van der Waals surface area (Å²) in [6, 6.07) is 6.74. The number of carbonyl (C=O) groups is 1. The number of carbonyl (C=O) groups excluding carboxylic acids is 1. The summed E-state index contributed by atoms with van der Waals surface area (Å²) >= 11 is 5.85. The molecular formula is C13H11ClN2O5. The zero-order valence-electron chi connectivity index (χ0n) is 10.7. The third-order valence-electron chi connectivity index (χ3n) is 2.73. The van der Waals surface area contributed by atoms with Gasteiger partial charge in [0.2, 0.25) is 0 Å². The van der Waals surface area contributed by atoms with E-state index in [4.69, 9.17) is 16.0 Å². The largest absolute Gasteiger partial charge is 0.467 e. The van der Waals surface area contributed by atoms with E-state index in [0.29, 0.717) is 5.76 Å². The van der Waals surface area contributed by atoms with E-state index in [0.717, 1.165) is 6.07 Å². The number of hydrogen-bond donors (Lipinski definition) is 2. The first-order valence-electron chi connectivity index (χ1n) is 5.92. The highest BCUT2D eigenvalue weighted by Gasteiger charge is 2.17. The Kier molecular flexibility index (Phi) is 4.56. The zero-order valence-corrected chi connectivity index (χ0v) is 11.4. The van der Waals surface area contributed by atoms with E-state index >= 15 is 0 Å². The lowest BCUT2D eigenvalue weighted by Gasteiger charge is -2.10. The van der Waals surface area contributed by atoms with Crippen LogP contribution in [0.15, 0.2) is 41.0 Å². The summed E-state index contributed by atoms with van der Waals surface area (Å²) in [5.74, 6) is -0.310. The molecule has 0 saturated heterocycles. The third kappa shape index (κ3) is 3.59. The average Bonchev–Trinajstić information content (AvgIpc) is 2.98. The Morgan fingerprint density at radius 2 is 2.24 bits per heavy atom. The number of nitrogens with zero attached hydrogens (tertiary/aromatic N) is 1. The maximum atomic E-state index is 12.0. The van der Waals surface area contributed by atoms with Gasteiger partial charge in [-0.15, -0.1) is 0 Å². The van der Waals surface area contributed by atoms with Crippen molar-refractivity contribution in [2.45, 2.75) is 6.10 Å². The Balaban J connectivity index is 2.06. The van der Waals surface area contributed by atoms with Gasteiger partial charge in [0.1, 0.15) is 11.9 Å². The van der Waals surface area contributed by atoms with Crippen molar-refractivity contribution in [3.63, 3.8) is 0 Å². The smallest absolute Gasteiger partial charge is 0.270 e. The SMILES string of the molecule is O=C(NCC(O)c1ccco1)c1cc([N+](=O)[O-])ccc1Cl. The van der Waals surface area contributed by atoms with E-state index in [2.05, 4.69) is 5.32 Å². The Labute approximate surface area is 124 Å². The van der Waals surface area contributed by atoms with E-state index < -0.39 is 16.9 Å². The standard InChI is InChI=1S/C13H11ClN2O5/c14-10-4-3-8(16(19)20)6-9(10)13(18)15-7-11(17)12-2-1-5-21-12/h1-6,11,17H,7H2,(H,15,18). The number of aliphatic hydroxyl groups is 1. The number of furan rings is 1. The lowest BCUT2D eigenvalue weighted by molar-refractivity contribution is -0.384. The minimum atomic E-state index is -1.01. The molecule has 8 heteroatoms. The molecule has 0 bridgehead atoms. The van der Waals surface area contributed by atoms with Crippen molar-refractivity contribution in [1.82, 2.24) is 5.32 Å². The first-order chi connectivity index (χ1) is 9.99. The fourth-order valence-corrected chi connectivity index (χ4v) is 1.87. The number of non-ortho nitro benzene ring substituents is 1. The molecule has 0 radical (unpaired) electrons. The summed E-state index contributed by atoms with van der Waals surface area (Å²) in [6.45, 7) is -0.106. The molecule has 0 spiro atoms. The molecule has 21 heavy (non-hydrogen) atoms. The monoisotopic (exact) mass is 310 g/mol. The van der Waals surface area contributed by atoms with Crippen LogP contribution < -0.4 is 5.32 Å². The van der Waals surface area contributed by atoms with Crippen molar-refractivity contribution < 1.29 is 19.2 Å². The summed E-state index contributed by atoms with van der Waals surface area (Å²) in [5, 5.41) is 23.0. The molecule has 0 aliphatic heterocycles. The van der Waals surface area contributed by atoms with Crippen LogP contribution in [0.5, 0.6) is 0 Å². The summed E-state index contributed by atoms with van der Waals surface area (Å²) in [4.78, 5) is 22.0.